The minimum absolute atomic E-state index is 0.0827. The van der Waals surface area contributed by atoms with Crippen molar-refractivity contribution in [3.05, 3.63) is 30.0 Å². The zero-order chi connectivity index (χ0) is 15.4. The van der Waals surface area contributed by atoms with Gasteiger partial charge in [-0.25, -0.2) is 4.79 Å². The van der Waals surface area contributed by atoms with Crippen LogP contribution in [0, 0.1) is 17.2 Å². The van der Waals surface area contributed by atoms with Crippen molar-refractivity contribution in [1.82, 2.24) is 10.2 Å². The molecule has 1 N–H and O–H groups in total. The summed E-state index contributed by atoms with van der Waals surface area (Å²) in [6.07, 6.45) is 0. The van der Waals surface area contributed by atoms with Gasteiger partial charge in [0.1, 0.15) is 0 Å². The van der Waals surface area contributed by atoms with E-state index in [0.717, 1.165) is 5.39 Å². The van der Waals surface area contributed by atoms with Gasteiger partial charge in [0.05, 0.1) is 23.2 Å². The van der Waals surface area contributed by atoms with Crippen molar-refractivity contribution in [2.45, 2.75) is 13.8 Å². The number of nitriles is 1. The third kappa shape index (κ3) is 2.92. The Bertz CT molecular complexity index is 708. The summed E-state index contributed by atoms with van der Waals surface area (Å²) in [5.41, 5.74) is 1.08. The summed E-state index contributed by atoms with van der Waals surface area (Å²) in [7, 11) is 0. The summed E-state index contributed by atoms with van der Waals surface area (Å²) in [4.78, 5) is 13.3. The van der Waals surface area contributed by atoms with Crippen molar-refractivity contribution in [3.63, 3.8) is 0 Å². The number of carboxylic acid groups (broad SMARTS) is 1. The Morgan fingerprint density at radius 3 is 2.76 bits per heavy atom. The molecule has 0 spiro atoms. The van der Waals surface area contributed by atoms with Crippen LogP contribution in [0.4, 0.5) is 5.69 Å². The van der Waals surface area contributed by atoms with Crippen LogP contribution in [-0.2, 0) is 0 Å². The van der Waals surface area contributed by atoms with Crippen LogP contribution in [0.3, 0.4) is 0 Å². The normalized spacial score (nSPS) is 11.9. The summed E-state index contributed by atoms with van der Waals surface area (Å²) in [6.45, 7) is 4.76. The van der Waals surface area contributed by atoms with E-state index in [4.69, 9.17) is 5.26 Å². The highest BCUT2D eigenvalue weighted by Crippen LogP contribution is 2.28. The SMILES string of the molecule is CCN(CC(C)C#N)c1c(C(=O)O)nnc2ccccc12. The largest absolute Gasteiger partial charge is 0.476 e. The number of aromatic nitrogens is 2. The van der Waals surface area contributed by atoms with Crippen LogP contribution in [0.15, 0.2) is 24.3 Å². The Morgan fingerprint density at radius 1 is 1.43 bits per heavy atom. The van der Waals surface area contributed by atoms with E-state index in [9.17, 15) is 9.90 Å². The first-order valence-electron chi connectivity index (χ1n) is 6.71. The first kappa shape index (κ1) is 14.7. The molecule has 1 aromatic heterocycles. The second-order valence-corrected chi connectivity index (χ2v) is 4.79. The monoisotopic (exact) mass is 284 g/mol. The Kier molecular flexibility index (Phi) is 4.33. The lowest BCUT2D eigenvalue weighted by atomic mass is 10.1. The third-order valence-corrected chi connectivity index (χ3v) is 3.26. The van der Waals surface area contributed by atoms with Crippen LogP contribution in [0.5, 0.6) is 0 Å². The number of nitrogens with zero attached hydrogens (tertiary/aromatic N) is 4. The van der Waals surface area contributed by atoms with E-state index in [0.29, 0.717) is 24.3 Å². The minimum atomic E-state index is -1.12. The predicted molar refractivity (Wildman–Crippen MR) is 79.2 cm³/mol. The maximum atomic E-state index is 11.4. The molecular formula is C15H16N4O2. The number of aromatic carboxylic acids is 1. The molecule has 1 atom stereocenters. The molecule has 6 nitrogen and oxygen atoms in total. The first-order chi connectivity index (χ1) is 10.1. The number of fused-ring (bicyclic) bond motifs is 1. The molecule has 0 aliphatic heterocycles. The van der Waals surface area contributed by atoms with Crippen molar-refractivity contribution in [1.29, 1.82) is 5.26 Å². The Balaban J connectivity index is 2.65. The zero-order valence-corrected chi connectivity index (χ0v) is 11.9. The number of anilines is 1. The highest BCUT2D eigenvalue weighted by atomic mass is 16.4. The molecule has 0 bridgehead atoms. The summed E-state index contributed by atoms with van der Waals surface area (Å²) >= 11 is 0. The molecule has 108 valence electrons. The van der Waals surface area contributed by atoms with Gasteiger partial charge in [0, 0.05) is 18.5 Å². The van der Waals surface area contributed by atoms with E-state index in [1.165, 1.54) is 0 Å². The predicted octanol–water partition coefficient (Wildman–Crippen LogP) is 2.31. The van der Waals surface area contributed by atoms with E-state index in [-0.39, 0.29) is 11.6 Å². The van der Waals surface area contributed by atoms with Gasteiger partial charge in [-0.15, -0.1) is 10.2 Å². The highest BCUT2D eigenvalue weighted by molar-refractivity contribution is 6.02. The molecular weight excluding hydrogens is 268 g/mol. The van der Waals surface area contributed by atoms with Gasteiger partial charge in [-0.05, 0) is 19.9 Å². The highest BCUT2D eigenvalue weighted by Gasteiger charge is 2.22. The maximum Gasteiger partial charge on any atom is 0.358 e. The lowest BCUT2D eigenvalue weighted by Crippen LogP contribution is -2.30. The van der Waals surface area contributed by atoms with Crippen molar-refractivity contribution in [2.24, 2.45) is 5.92 Å². The molecule has 21 heavy (non-hydrogen) atoms. The van der Waals surface area contributed by atoms with Gasteiger partial charge in [0.2, 0.25) is 0 Å². The fourth-order valence-corrected chi connectivity index (χ4v) is 2.25. The second-order valence-electron chi connectivity index (χ2n) is 4.79. The number of benzene rings is 1. The number of carboxylic acids is 1. The zero-order valence-electron chi connectivity index (χ0n) is 11.9. The molecule has 2 rings (SSSR count). The molecule has 0 saturated heterocycles. The van der Waals surface area contributed by atoms with Crippen LogP contribution in [0.25, 0.3) is 10.9 Å². The van der Waals surface area contributed by atoms with Crippen LogP contribution in [0.1, 0.15) is 24.3 Å². The summed E-state index contributed by atoms with van der Waals surface area (Å²) in [5, 5.41) is 26.9. The molecule has 0 amide bonds. The first-order valence-corrected chi connectivity index (χ1v) is 6.71. The van der Waals surface area contributed by atoms with Gasteiger partial charge in [-0.1, -0.05) is 18.2 Å². The lowest BCUT2D eigenvalue weighted by Gasteiger charge is -2.26. The average Bonchev–Trinajstić information content (AvgIpc) is 2.51. The van der Waals surface area contributed by atoms with Crippen LogP contribution >= 0.6 is 0 Å². The number of hydrogen-bond donors (Lipinski definition) is 1. The second kappa shape index (κ2) is 6.18. The minimum Gasteiger partial charge on any atom is -0.476 e. The molecule has 1 heterocycles. The average molecular weight is 284 g/mol. The van der Waals surface area contributed by atoms with Crippen LogP contribution in [0.2, 0.25) is 0 Å². The fraction of sp³-hybridized carbons (Fsp3) is 0.333. The summed E-state index contributed by atoms with van der Waals surface area (Å²) in [6, 6.07) is 9.45. The molecule has 1 aromatic carbocycles. The van der Waals surface area contributed by atoms with Crippen LogP contribution < -0.4 is 4.90 Å². The molecule has 0 radical (unpaired) electrons. The fourth-order valence-electron chi connectivity index (χ4n) is 2.25. The van der Waals surface area contributed by atoms with Crippen molar-refractivity contribution < 1.29 is 9.90 Å². The third-order valence-electron chi connectivity index (χ3n) is 3.26. The van der Waals surface area contributed by atoms with E-state index < -0.39 is 5.97 Å². The van der Waals surface area contributed by atoms with Gasteiger partial charge < -0.3 is 10.0 Å². The van der Waals surface area contributed by atoms with Gasteiger partial charge >= 0.3 is 5.97 Å². The lowest BCUT2D eigenvalue weighted by molar-refractivity contribution is 0.0690. The van der Waals surface area contributed by atoms with Crippen LogP contribution in [-0.4, -0.2) is 34.4 Å². The van der Waals surface area contributed by atoms with Gasteiger partial charge in [0.15, 0.2) is 5.69 Å². The molecule has 1 unspecified atom stereocenters. The quantitative estimate of drug-likeness (QED) is 0.906. The van der Waals surface area contributed by atoms with E-state index >= 15 is 0 Å². The maximum absolute atomic E-state index is 11.4. The number of hydrogen-bond acceptors (Lipinski definition) is 5. The van der Waals surface area contributed by atoms with Gasteiger partial charge in [0.25, 0.3) is 0 Å². The standard InChI is InChI=1S/C15H16N4O2/c1-3-19(9-10(2)8-16)14-11-6-4-5-7-12(11)17-18-13(14)15(20)21/h4-7,10H,3,9H2,1-2H3,(H,20,21). The molecule has 6 heteroatoms. The van der Waals surface area contributed by atoms with Crippen molar-refractivity contribution in [3.8, 4) is 6.07 Å². The summed E-state index contributed by atoms with van der Waals surface area (Å²) < 4.78 is 0. The topological polar surface area (TPSA) is 90.1 Å². The molecule has 0 saturated carbocycles. The van der Waals surface area contributed by atoms with E-state index in [1.54, 1.807) is 13.0 Å². The number of rotatable bonds is 5. The molecule has 2 aromatic rings. The van der Waals surface area contributed by atoms with Crippen molar-refractivity contribution in [2.75, 3.05) is 18.0 Å². The molecule has 0 fully saturated rings. The summed E-state index contributed by atoms with van der Waals surface area (Å²) in [5.74, 6) is -1.33. The van der Waals surface area contributed by atoms with Gasteiger partial charge in [-0.2, -0.15) is 5.26 Å². The Morgan fingerprint density at radius 2 is 2.14 bits per heavy atom. The molecule has 0 aliphatic carbocycles. The van der Waals surface area contributed by atoms with Crippen molar-refractivity contribution >= 4 is 22.6 Å². The van der Waals surface area contributed by atoms with E-state index in [1.807, 2.05) is 30.0 Å². The van der Waals surface area contributed by atoms with Gasteiger partial charge in [-0.3, -0.25) is 0 Å². The Labute approximate surface area is 122 Å². The van der Waals surface area contributed by atoms with E-state index in [2.05, 4.69) is 16.3 Å². The number of carbonyl (C=O) groups is 1. The Hall–Kier alpha value is -2.68. The smallest absolute Gasteiger partial charge is 0.358 e. The molecule has 0 aliphatic rings.